The van der Waals surface area contributed by atoms with Crippen LogP contribution in [0.4, 0.5) is 5.69 Å². The Morgan fingerprint density at radius 3 is 2.56 bits per heavy atom. The number of carbonyl (C=O) groups is 2. The first-order valence-electron chi connectivity index (χ1n) is 9.66. The van der Waals surface area contributed by atoms with Gasteiger partial charge in [0.15, 0.2) is 11.0 Å². The zero-order valence-electron chi connectivity index (χ0n) is 17.2. The summed E-state index contributed by atoms with van der Waals surface area (Å²) in [6.07, 6.45) is 1.70. The number of hydrogen-bond donors (Lipinski definition) is 2. The van der Waals surface area contributed by atoms with E-state index in [-0.39, 0.29) is 17.6 Å². The fourth-order valence-corrected chi connectivity index (χ4v) is 3.92. The lowest BCUT2D eigenvalue weighted by molar-refractivity contribution is -0.113. The minimum absolute atomic E-state index is 0.117. The molecule has 0 spiro atoms. The predicted molar refractivity (Wildman–Crippen MR) is 128 cm³/mol. The van der Waals surface area contributed by atoms with Crippen molar-refractivity contribution < 1.29 is 9.59 Å². The molecule has 2 N–H and O–H groups in total. The molecule has 0 saturated carbocycles. The van der Waals surface area contributed by atoms with Crippen molar-refractivity contribution in [3.05, 3.63) is 82.6 Å². The molecule has 1 atom stereocenters. The highest BCUT2D eigenvalue weighted by Crippen LogP contribution is 2.23. The van der Waals surface area contributed by atoms with Gasteiger partial charge in [0.25, 0.3) is 5.91 Å². The van der Waals surface area contributed by atoms with E-state index < -0.39 is 6.04 Å². The monoisotopic (exact) mass is 489 g/mol. The number of rotatable bonds is 9. The van der Waals surface area contributed by atoms with Gasteiger partial charge in [0, 0.05) is 17.1 Å². The Morgan fingerprint density at radius 1 is 1.16 bits per heavy atom. The third-order valence-corrected chi connectivity index (χ3v) is 5.93. The highest BCUT2D eigenvalue weighted by Gasteiger charge is 2.20. The standard InChI is InChI=1S/C22H21Cl2N5O2S/c1-3-12-29-20(14(2)25-21(31)15-8-10-16(23)11-9-15)27-28-22(29)32-13-19(30)26-18-7-5-4-6-17(18)24/h3-11,14H,1,12-13H2,2H3,(H,25,31)(H,26,30)/t14-/m0/s1. The maximum atomic E-state index is 12.5. The van der Waals surface area contributed by atoms with Crippen molar-refractivity contribution in [1.29, 1.82) is 0 Å². The summed E-state index contributed by atoms with van der Waals surface area (Å²) >= 11 is 13.2. The van der Waals surface area contributed by atoms with Gasteiger partial charge in [-0.3, -0.25) is 9.59 Å². The van der Waals surface area contributed by atoms with E-state index in [0.29, 0.717) is 38.8 Å². The molecule has 0 saturated heterocycles. The Hall–Kier alpha value is -2.81. The molecule has 10 heteroatoms. The van der Waals surface area contributed by atoms with Crippen LogP contribution >= 0.6 is 35.0 Å². The van der Waals surface area contributed by atoms with Gasteiger partial charge in [0.05, 0.1) is 22.5 Å². The van der Waals surface area contributed by atoms with Crippen LogP contribution in [0.25, 0.3) is 0 Å². The van der Waals surface area contributed by atoms with Gasteiger partial charge in [-0.2, -0.15) is 0 Å². The molecule has 3 aromatic rings. The lowest BCUT2D eigenvalue weighted by atomic mass is 10.2. The minimum atomic E-state index is -0.420. The Labute approximate surface area is 200 Å². The quantitative estimate of drug-likeness (QED) is 0.326. The van der Waals surface area contributed by atoms with Crippen molar-refractivity contribution >= 4 is 52.5 Å². The molecule has 0 aliphatic carbocycles. The molecular weight excluding hydrogens is 469 g/mol. The number of anilines is 1. The molecule has 0 fully saturated rings. The maximum Gasteiger partial charge on any atom is 0.251 e. The number of para-hydroxylation sites is 1. The van der Waals surface area contributed by atoms with E-state index in [0.717, 1.165) is 0 Å². The summed E-state index contributed by atoms with van der Waals surface area (Å²) in [6, 6.07) is 13.2. The molecule has 0 unspecified atom stereocenters. The normalized spacial score (nSPS) is 11.6. The van der Waals surface area contributed by atoms with E-state index in [1.165, 1.54) is 11.8 Å². The lowest BCUT2D eigenvalue weighted by Gasteiger charge is -2.15. The van der Waals surface area contributed by atoms with E-state index in [4.69, 9.17) is 23.2 Å². The van der Waals surface area contributed by atoms with Crippen molar-refractivity contribution in [2.75, 3.05) is 11.1 Å². The van der Waals surface area contributed by atoms with Crippen LogP contribution in [0.2, 0.25) is 10.0 Å². The van der Waals surface area contributed by atoms with E-state index in [1.54, 1.807) is 54.6 Å². The molecule has 166 valence electrons. The van der Waals surface area contributed by atoms with Gasteiger partial charge in [0.2, 0.25) is 5.91 Å². The first kappa shape index (κ1) is 23.8. The number of allylic oxidation sites excluding steroid dienone is 1. The maximum absolute atomic E-state index is 12.5. The second-order valence-electron chi connectivity index (χ2n) is 6.76. The van der Waals surface area contributed by atoms with Crippen LogP contribution in [0.3, 0.4) is 0 Å². The lowest BCUT2D eigenvalue weighted by Crippen LogP contribution is -2.28. The Morgan fingerprint density at radius 2 is 1.88 bits per heavy atom. The third kappa shape index (κ3) is 6.12. The van der Waals surface area contributed by atoms with Crippen LogP contribution < -0.4 is 10.6 Å². The van der Waals surface area contributed by atoms with Crippen molar-refractivity contribution in [3.63, 3.8) is 0 Å². The summed E-state index contributed by atoms with van der Waals surface area (Å²) in [6.45, 7) is 6.02. The smallest absolute Gasteiger partial charge is 0.251 e. The molecule has 2 aromatic carbocycles. The summed E-state index contributed by atoms with van der Waals surface area (Å²) < 4.78 is 1.81. The van der Waals surface area contributed by atoms with Gasteiger partial charge in [-0.05, 0) is 43.3 Å². The average molecular weight is 490 g/mol. The zero-order chi connectivity index (χ0) is 23.1. The number of nitrogens with one attached hydrogen (secondary N) is 2. The molecule has 0 bridgehead atoms. The van der Waals surface area contributed by atoms with Gasteiger partial charge in [-0.25, -0.2) is 0 Å². The SMILES string of the molecule is C=CCn1c(SCC(=O)Nc2ccccc2Cl)nnc1[C@H](C)NC(=O)c1ccc(Cl)cc1. The van der Waals surface area contributed by atoms with Crippen LogP contribution in [0.15, 0.2) is 66.3 Å². The van der Waals surface area contributed by atoms with Gasteiger partial charge >= 0.3 is 0 Å². The molecule has 0 radical (unpaired) electrons. The number of thioether (sulfide) groups is 1. The molecule has 3 rings (SSSR count). The summed E-state index contributed by atoms with van der Waals surface area (Å²) in [5.74, 6) is 0.199. The molecule has 2 amide bonds. The fourth-order valence-electron chi connectivity index (χ4n) is 2.85. The number of nitrogens with zero attached hydrogens (tertiary/aromatic N) is 3. The van der Waals surface area contributed by atoms with Crippen molar-refractivity contribution in [3.8, 4) is 0 Å². The highest BCUT2D eigenvalue weighted by atomic mass is 35.5. The van der Waals surface area contributed by atoms with Gasteiger partial charge in [-0.1, -0.05) is 53.2 Å². The number of amides is 2. The summed E-state index contributed by atoms with van der Waals surface area (Å²) in [5.41, 5.74) is 1.04. The number of halogens is 2. The molecule has 0 aliphatic heterocycles. The van der Waals surface area contributed by atoms with Crippen LogP contribution in [-0.2, 0) is 11.3 Å². The second kappa shape index (κ2) is 11.2. The second-order valence-corrected chi connectivity index (χ2v) is 8.54. The largest absolute Gasteiger partial charge is 0.342 e. The first-order chi connectivity index (χ1) is 15.4. The van der Waals surface area contributed by atoms with Crippen LogP contribution in [-0.4, -0.2) is 32.3 Å². The van der Waals surface area contributed by atoms with E-state index in [2.05, 4.69) is 27.4 Å². The fraction of sp³-hybridized carbons (Fsp3) is 0.182. The first-order valence-corrected chi connectivity index (χ1v) is 11.4. The van der Waals surface area contributed by atoms with Gasteiger partial charge in [0.1, 0.15) is 0 Å². The number of carbonyl (C=O) groups excluding carboxylic acids is 2. The zero-order valence-corrected chi connectivity index (χ0v) is 19.5. The van der Waals surface area contributed by atoms with E-state index >= 15 is 0 Å². The Balaban J connectivity index is 1.66. The van der Waals surface area contributed by atoms with Crippen LogP contribution in [0, 0.1) is 0 Å². The molecular formula is C22H21Cl2N5O2S. The van der Waals surface area contributed by atoms with E-state index in [1.807, 2.05) is 11.5 Å². The molecule has 32 heavy (non-hydrogen) atoms. The molecule has 0 aliphatic rings. The summed E-state index contributed by atoms with van der Waals surface area (Å²) in [4.78, 5) is 24.9. The highest BCUT2D eigenvalue weighted by molar-refractivity contribution is 7.99. The number of benzene rings is 2. The average Bonchev–Trinajstić information content (AvgIpc) is 3.17. The minimum Gasteiger partial charge on any atom is -0.342 e. The number of aromatic nitrogens is 3. The van der Waals surface area contributed by atoms with Crippen molar-refractivity contribution in [2.45, 2.75) is 24.7 Å². The van der Waals surface area contributed by atoms with Gasteiger partial charge in [-0.15, -0.1) is 16.8 Å². The molecule has 1 aromatic heterocycles. The van der Waals surface area contributed by atoms with Crippen LogP contribution in [0.5, 0.6) is 0 Å². The topological polar surface area (TPSA) is 88.9 Å². The van der Waals surface area contributed by atoms with Gasteiger partial charge < -0.3 is 15.2 Å². The third-order valence-electron chi connectivity index (χ3n) is 4.38. The summed E-state index contributed by atoms with van der Waals surface area (Å²) in [5, 5.41) is 15.7. The Bertz CT molecular complexity index is 1120. The molecule has 7 nitrogen and oxygen atoms in total. The Kier molecular flexibility index (Phi) is 8.33. The molecule has 1 heterocycles. The summed E-state index contributed by atoms with van der Waals surface area (Å²) in [7, 11) is 0. The van der Waals surface area contributed by atoms with E-state index in [9.17, 15) is 9.59 Å². The van der Waals surface area contributed by atoms with Crippen molar-refractivity contribution in [2.24, 2.45) is 0 Å². The predicted octanol–water partition coefficient (Wildman–Crippen LogP) is 4.99. The van der Waals surface area contributed by atoms with Crippen molar-refractivity contribution in [1.82, 2.24) is 20.1 Å². The van der Waals surface area contributed by atoms with Crippen LogP contribution in [0.1, 0.15) is 29.1 Å². The number of hydrogen-bond acceptors (Lipinski definition) is 5.